The highest BCUT2D eigenvalue weighted by atomic mass is 16.6. The largest absolute Gasteiger partial charge is 0.444 e. The fourth-order valence-corrected chi connectivity index (χ4v) is 1.89. The molecule has 100 valence electrons. The minimum absolute atomic E-state index is 0.131. The van der Waals surface area contributed by atoms with Gasteiger partial charge in [0.05, 0.1) is 25.4 Å². The van der Waals surface area contributed by atoms with Crippen LogP contribution in [0.5, 0.6) is 0 Å². The summed E-state index contributed by atoms with van der Waals surface area (Å²) in [6, 6.07) is -0.288. The molecule has 1 unspecified atom stereocenters. The molecule has 1 rings (SSSR count). The van der Waals surface area contributed by atoms with Crippen molar-refractivity contribution in [1.29, 1.82) is 0 Å². The van der Waals surface area contributed by atoms with E-state index in [9.17, 15) is 9.90 Å². The number of carbonyl (C=O) groups excluding carboxylic acids is 1. The standard InChI is InChI=1S/C12H23NO4/c1-5-8-6-16-7-9(14)10(8)13-11(15)17-12(2,3)4/h8-10,14H,5-7H2,1-4H3,(H,13,15)/t8-,9?,10-/m0/s1. The summed E-state index contributed by atoms with van der Waals surface area (Å²) in [5, 5.41) is 12.6. The summed E-state index contributed by atoms with van der Waals surface area (Å²) in [5.74, 6) is 0.131. The van der Waals surface area contributed by atoms with Gasteiger partial charge in [-0.15, -0.1) is 0 Å². The highest BCUT2D eigenvalue weighted by molar-refractivity contribution is 5.68. The van der Waals surface area contributed by atoms with Crippen LogP contribution in [0, 0.1) is 5.92 Å². The molecule has 0 aromatic carbocycles. The first kappa shape index (κ1) is 14.3. The van der Waals surface area contributed by atoms with Crippen LogP contribution in [0.25, 0.3) is 0 Å². The molecular weight excluding hydrogens is 222 g/mol. The Hall–Kier alpha value is -0.810. The van der Waals surface area contributed by atoms with E-state index >= 15 is 0 Å². The van der Waals surface area contributed by atoms with Gasteiger partial charge in [-0.2, -0.15) is 0 Å². The number of aliphatic hydroxyl groups is 1. The lowest BCUT2D eigenvalue weighted by Crippen LogP contribution is -2.54. The monoisotopic (exact) mass is 245 g/mol. The topological polar surface area (TPSA) is 67.8 Å². The van der Waals surface area contributed by atoms with E-state index in [0.717, 1.165) is 6.42 Å². The van der Waals surface area contributed by atoms with Gasteiger partial charge in [-0.05, 0) is 27.2 Å². The van der Waals surface area contributed by atoms with Crippen LogP contribution in [0.15, 0.2) is 0 Å². The first-order chi connectivity index (χ1) is 7.83. The summed E-state index contributed by atoms with van der Waals surface area (Å²) in [4.78, 5) is 11.6. The van der Waals surface area contributed by atoms with Crippen LogP contribution < -0.4 is 5.32 Å². The van der Waals surface area contributed by atoms with E-state index in [2.05, 4.69) is 5.32 Å². The Bertz CT molecular complexity index is 262. The summed E-state index contributed by atoms with van der Waals surface area (Å²) in [6.45, 7) is 8.26. The van der Waals surface area contributed by atoms with Gasteiger partial charge in [0, 0.05) is 5.92 Å². The van der Waals surface area contributed by atoms with Gasteiger partial charge in [-0.25, -0.2) is 4.79 Å². The molecule has 0 bridgehead atoms. The van der Waals surface area contributed by atoms with Gasteiger partial charge in [-0.3, -0.25) is 0 Å². The fourth-order valence-electron chi connectivity index (χ4n) is 1.89. The van der Waals surface area contributed by atoms with Crippen LogP contribution in [-0.2, 0) is 9.47 Å². The molecule has 0 aromatic rings. The van der Waals surface area contributed by atoms with E-state index in [1.54, 1.807) is 0 Å². The van der Waals surface area contributed by atoms with E-state index in [-0.39, 0.29) is 18.6 Å². The van der Waals surface area contributed by atoms with E-state index < -0.39 is 17.8 Å². The van der Waals surface area contributed by atoms with Crippen molar-refractivity contribution in [3.8, 4) is 0 Å². The number of amides is 1. The quantitative estimate of drug-likeness (QED) is 0.769. The SMILES string of the molecule is CC[C@H]1COCC(O)[C@H]1NC(=O)OC(C)(C)C. The van der Waals surface area contributed by atoms with Crippen LogP contribution >= 0.6 is 0 Å². The zero-order valence-electron chi connectivity index (χ0n) is 11.0. The first-order valence-electron chi connectivity index (χ1n) is 6.09. The Morgan fingerprint density at radius 1 is 1.47 bits per heavy atom. The molecule has 1 aliphatic rings. The predicted octanol–water partition coefficient (Wildman–Crippen LogP) is 1.30. The Labute approximate surface area is 102 Å². The number of rotatable bonds is 2. The summed E-state index contributed by atoms with van der Waals surface area (Å²) in [6.07, 6.45) is -0.305. The molecule has 1 saturated heterocycles. The van der Waals surface area contributed by atoms with Crippen LogP contribution in [0.2, 0.25) is 0 Å². The van der Waals surface area contributed by atoms with Gasteiger partial charge in [0.1, 0.15) is 5.60 Å². The van der Waals surface area contributed by atoms with Crippen molar-refractivity contribution in [3.05, 3.63) is 0 Å². The molecule has 5 nitrogen and oxygen atoms in total. The number of ether oxygens (including phenoxy) is 2. The molecule has 0 aromatic heterocycles. The maximum Gasteiger partial charge on any atom is 0.407 e. The van der Waals surface area contributed by atoms with E-state index in [0.29, 0.717) is 6.61 Å². The van der Waals surface area contributed by atoms with Crippen molar-refractivity contribution in [2.24, 2.45) is 5.92 Å². The van der Waals surface area contributed by atoms with Crippen LogP contribution in [0.1, 0.15) is 34.1 Å². The molecule has 2 N–H and O–H groups in total. The summed E-state index contributed by atoms with van der Waals surface area (Å²) >= 11 is 0. The van der Waals surface area contributed by atoms with E-state index in [4.69, 9.17) is 9.47 Å². The van der Waals surface area contributed by atoms with Gasteiger partial charge >= 0.3 is 6.09 Å². The molecule has 0 spiro atoms. The van der Waals surface area contributed by atoms with Gasteiger partial charge in [-0.1, -0.05) is 6.92 Å². The normalized spacial score (nSPS) is 29.8. The predicted molar refractivity (Wildman–Crippen MR) is 63.8 cm³/mol. The smallest absolute Gasteiger partial charge is 0.407 e. The average molecular weight is 245 g/mol. The highest BCUT2D eigenvalue weighted by Crippen LogP contribution is 2.19. The van der Waals surface area contributed by atoms with Crippen LogP contribution in [-0.4, -0.2) is 42.2 Å². The molecule has 0 radical (unpaired) electrons. The number of hydrogen-bond acceptors (Lipinski definition) is 4. The average Bonchev–Trinajstić information content (AvgIpc) is 2.18. The number of alkyl carbamates (subject to hydrolysis) is 1. The van der Waals surface area contributed by atoms with Gasteiger partial charge in [0.15, 0.2) is 0 Å². The second-order valence-corrected chi connectivity index (χ2v) is 5.45. The second-order valence-electron chi connectivity index (χ2n) is 5.45. The Kier molecular flexibility index (Phi) is 4.77. The number of aliphatic hydroxyl groups excluding tert-OH is 1. The van der Waals surface area contributed by atoms with Crippen molar-refractivity contribution in [2.45, 2.75) is 51.9 Å². The Morgan fingerprint density at radius 3 is 2.65 bits per heavy atom. The number of nitrogens with one attached hydrogen (secondary N) is 1. The molecule has 3 atom stereocenters. The molecule has 1 amide bonds. The summed E-state index contributed by atoms with van der Waals surface area (Å²) in [7, 11) is 0. The van der Waals surface area contributed by atoms with Crippen molar-refractivity contribution in [2.75, 3.05) is 13.2 Å². The lowest BCUT2D eigenvalue weighted by atomic mass is 9.91. The van der Waals surface area contributed by atoms with Crippen molar-refractivity contribution in [3.63, 3.8) is 0 Å². The van der Waals surface area contributed by atoms with Crippen LogP contribution in [0.4, 0.5) is 4.79 Å². The molecule has 0 saturated carbocycles. The van der Waals surface area contributed by atoms with E-state index in [1.165, 1.54) is 0 Å². The second kappa shape index (κ2) is 5.69. The van der Waals surface area contributed by atoms with Crippen molar-refractivity contribution >= 4 is 6.09 Å². The molecule has 5 heteroatoms. The summed E-state index contributed by atoms with van der Waals surface area (Å²) < 4.78 is 10.4. The third-order valence-corrected chi connectivity index (χ3v) is 2.75. The molecule has 1 aliphatic heterocycles. The zero-order valence-corrected chi connectivity index (χ0v) is 11.0. The van der Waals surface area contributed by atoms with Crippen molar-refractivity contribution < 1.29 is 19.4 Å². The summed E-state index contributed by atoms with van der Waals surface area (Å²) in [5.41, 5.74) is -0.526. The Morgan fingerprint density at radius 2 is 2.12 bits per heavy atom. The third-order valence-electron chi connectivity index (χ3n) is 2.75. The zero-order chi connectivity index (χ0) is 13.1. The number of hydrogen-bond donors (Lipinski definition) is 2. The van der Waals surface area contributed by atoms with Gasteiger partial charge in [0.2, 0.25) is 0 Å². The molecule has 17 heavy (non-hydrogen) atoms. The highest BCUT2D eigenvalue weighted by Gasteiger charge is 2.34. The fraction of sp³-hybridized carbons (Fsp3) is 0.917. The van der Waals surface area contributed by atoms with Gasteiger partial charge in [0.25, 0.3) is 0 Å². The lowest BCUT2D eigenvalue weighted by molar-refractivity contribution is -0.0624. The molecule has 0 aliphatic carbocycles. The molecule has 1 fully saturated rings. The third kappa shape index (κ3) is 4.52. The minimum atomic E-state index is -0.666. The minimum Gasteiger partial charge on any atom is -0.444 e. The first-order valence-corrected chi connectivity index (χ1v) is 6.09. The van der Waals surface area contributed by atoms with Gasteiger partial charge < -0.3 is 19.9 Å². The van der Waals surface area contributed by atoms with Crippen molar-refractivity contribution in [1.82, 2.24) is 5.32 Å². The maximum atomic E-state index is 11.6. The van der Waals surface area contributed by atoms with E-state index in [1.807, 2.05) is 27.7 Å². The number of carbonyl (C=O) groups is 1. The molecular formula is C12H23NO4. The molecule has 1 heterocycles. The van der Waals surface area contributed by atoms with Crippen LogP contribution in [0.3, 0.4) is 0 Å². The lowest BCUT2D eigenvalue weighted by Gasteiger charge is -2.35. The maximum absolute atomic E-state index is 11.6. The Balaban J connectivity index is 2.55.